The first-order valence-electron chi connectivity index (χ1n) is 4.96. The Kier molecular flexibility index (Phi) is 2.94. The summed E-state index contributed by atoms with van der Waals surface area (Å²) in [6.07, 6.45) is 3.95. The van der Waals surface area contributed by atoms with Crippen LogP contribution in [-0.4, -0.2) is 6.04 Å². The van der Waals surface area contributed by atoms with Crippen LogP contribution >= 0.6 is 0 Å². The van der Waals surface area contributed by atoms with Crippen LogP contribution < -0.4 is 5.73 Å². The van der Waals surface area contributed by atoms with Crippen LogP contribution in [0.5, 0.6) is 0 Å². The van der Waals surface area contributed by atoms with Gasteiger partial charge in [0, 0.05) is 6.04 Å². The Morgan fingerprint density at radius 2 is 2.09 bits per heavy atom. The van der Waals surface area contributed by atoms with Crippen LogP contribution in [0.15, 0.2) is 0 Å². The van der Waals surface area contributed by atoms with E-state index >= 15 is 0 Å². The van der Waals surface area contributed by atoms with Crippen molar-refractivity contribution in [1.29, 1.82) is 0 Å². The molecule has 0 aromatic rings. The molecule has 0 aromatic heterocycles. The summed E-state index contributed by atoms with van der Waals surface area (Å²) in [6, 6.07) is 0.477. The van der Waals surface area contributed by atoms with Crippen molar-refractivity contribution in [2.45, 2.75) is 46.1 Å². The van der Waals surface area contributed by atoms with Crippen LogP contribution in [0.3, 0.4) is 0 Å². The second kappa shape index (κ2) is 3.57. The second-order valence-electron chi connectivity index (χ2n) is 4.03. The number of hydrogen-bond donors (Lipinski definition) is 1. The normalized spacial score (nSPS) is 34.9. The minimum absolute atomic E-state index is 0.477. The fraction of sp³-hybridized carbons (Fsp3) is 1.00. The predicted octanol–water partition coefficient (Wildman–Crippen LogP) is 2.41. The predicted molar refractivity (Wildman–Crippen MR) is 49.3 cm³/mol. The number of rotatable bonds is 4. The highest BCUT2D eigenvalue weighted by atomic mass is 14.7. The fourth-order valence-corrected chi connectivity index (χ4v) is 1.91. The molecule has 1 fully saturated rings. The molecule has 4 unspecified atom stereocenters. The lowest BCUT2D eigenvalue weighted by Gasteiger charge is -2.17. The zero-order valence-corrected chi connectivity index (χ0v) is 8.01. The molecule has 1 saturated carbocycles. The Morgan fingerprint density at radius 1 is 1.45 bits per heavy atom. The minimum atomic E-state index is 0.477. The van der Waals surface area contributed by atoms with Gasteiger partial charge in [0.1, 0.15) is 0 Å². The zero-order valence-electron chi connectivity index (χ0n) is 8.01. The molecule has 0 bridgehead atoms. The first kappa shape index (κ1) is 9.05. The third-order valence-electron chi connectivity index (χ3n) is 3.30. The first-order chi connectivity index (χ1) is 5.20. The molecule has 1 rings (SSSR count). The average Bonchev–Trinajstić information content (AvgIpc) is 2.80. The third kappa shape index (κ3) is 1.96. The van der Waals surface area contributed by atoms with Gasteiger partial charge in [-0.1, -0.05) is 33.6 Å². The lowest BCUT2D eigenvalue weighted by atomic mass is 9.95. The molecule has 1 nitrogen and oxygen atoms in total. The fourth-order valence-electron chi connectivity index (χ4n) is 1.91. The monoisotopic (exact) mass is 155 g/mol. The SMILES string of the molecule is CCC(C)C(N)C1CC1CC. The quantitative estimate of drug-likeness (QED) is 0.663. The molecule has 66 valence electrons. The van der Waals surface area contributed by atoms with E-state index in [1.54, 1.807) is 0 Å². The van der Waals surface area contributed by atoms with Gasteiger partial charge < -0.3 is 5.73 Å². The van der Waals surface area contributed by atoms with Crippen LogP contribution in [0.25, 0.3) is 0 Å². The second-order valence-corrected chi connectivity index (χ2v) is 4.03. The van der Waals surface area contributed by atoms with E-state index in [4.69, 9.17) is 5.73 Å². The van der Waals surface area contributed by atoms with Gasteiger partial charge in [-0.25, -0.2) is 0 Å². The van der Waals surface area contributed by atoms with E-state index in [0.717, 1.165) is 17.8 Å². The zero-order chi connectivity index (χ0) is 8.43. The summed E-state index contributed by atoms with van der Waals surface area (Å²) in [5.41, 5.74) is 6.10. The molecule has 1 aliphatic carbocycles. The van der Waals surface area contributed by atoms with Crippen LogP contribution in [0.2, 0.25) is 0 Å². The molecule has 0 aliphatic heterocycles. The molecule has 2 N–H and O–H groups in total. The van der Waals surface area contributed by atoms with E-state index < -0.39 is 0 Å². The van der Waals surface area contributed by atoms with E-state index in [1.165, 1.54) is 19.3 Å². The lowest BCUT2D eigenvalue weighted by Crippen LogP contribution is -2.30. The van der Waals surface area contributed by atoms with Crippen molar-refractivity contribution in [3.8, 4) is 0 Å². The third-order valence-corrected chi connectivity index (χ3v) is 3.30. The van der Waals surface area contributed by atoms with Gasteiger partial charge in [0.2, 0.25) is 0 Å². The van der Waals surface area contributed by atoms with Gasteiger partial charge in [-0.3, -0.25) is 0 Å². The van der Waals surface area contributed by atoms with E-state index in [-0.39, 0.29) is 0 Å². The van der Waals surface area contributed by atoms with Gasteiger partial charge in [0.05, 0.1) is 0 Å². The maximum atomic E-state index is 6.10. The van der Waals surface area contributed by atoms with E-state index in [1.807, 2.05) is 0 Å². The van der Waals surface area contributed by atoms with Gasteiger partial charge in [0.15, 0.2) is 0 Å². The van der Waals surface area contributed by atoms with E-state index in [9.17, 15) is 0 Å². The smallest absolute Gasteiger partial charge is 0.00956 e. The van der Waals surface area contributed by atoms with Gasteiger partial charge >= 0.3 is 0 Å². The largest absolute Gasteiger partial charge is 0.327 e. The number of hydrogen-bond acceptors (Lipinski definition) is 1. The van der Waals surface area contributed by atoms with Gasteiger partial charge in [-0.15, -0.1) is 0 Å². The van der Waals surface area contributed by atoms with Crippen molar-refractivity contribution in [2.24, 2.45) is 23.5 Å². The Labute approximate surface area is 70.4 Å². The van der Waals surface area contributed by atoms with Gasteiger partial charge in [-0.2, -0.15) is 0 Å². The van der Waals surface area contributed by atoms with Crippen molar-refractivity contribution in [1.82, 2.24) is 0 Å². The topological polar surface area (TPSA) is 26.0 Å². The molecule has 0 spiro atoms. The molecule has 0 saturated heterocycles. The van der Waals surface area contributed by atoms with Crippen molar-refractivity contribution >= 4 is 0 Å². The Morgan fingerprint density at radius 3 is 2.45 bits per heavy atom. The van der Waals surface area contributed by atoms with Crippen molar-refractivity contribution in [3.05, 3.63) is 0 Å². The van der Waals surface area contributed by atoms with Gasteiger partial charge in [-0.05, 0) is 24.2 Å². The summed E-state index contributed by atoms with van der Waals surface area (Å²) in [6.45, 7) is 6.78. The van der Waals surface area contributed by atoms with Crippen LogP contribution in [0.1, 0.15) is 40.0 Å². The Balaban J connectivity index is 2.26. The highest BCUT2D eigenvalue weighted by Gasteiger charge is 2.41. The number of nitrogens with two attached hydrogens (primary N) is 1. The van der Waals surface area contributed by atoms with Crippen LogP contribution in [-0.2, 0) is 0 Å². The maximum absolute atomic E-state index is 6.10. The van der Waals surface area contributed by atoms with E-state index in [2.05, 4.69) is 20.8 Å². The summed E-state index contributed by atoms with van der Waals surface area (Å²) in [5.74, 6) is 2.53. The molecule has 4 atom stereocenters. The molecule has 0 amide bonds. The molecular formula is C10H21N. The van der Waals surface area contributed by atoms with Crippen molar-refractivity contribution < 1.29 is 0 Å². The molecule has 0 heterocycles. The molecule has 1 heteroatoms. The highest BCUT2D eigenvalue weighted by Crippen LogP contribution is 2.44. The standard InChI is InChI=1S/C10H21N/c1-4-7(3)10(11)9-6-8(9)5-2/h7-10H,4-6,11H2,1-3H3. The lowest BCUT2D eigenvalue weighted by molar-refractivity contribution is 0.387. The molecule has 0 aromatic carbocycles. The van der Waals surface area contributed by atoms with Crippen molar-refractivity contribution in [2.75, 3.05) is 0 Å². The summed E-state index contributed by atoms with van der Waals surface area (Å²) in [5, 5.41) is 0. The Bertz CT molecular complexity index is 122. The summed E-state index contributed by atoms with van der Waals surface area (Å²) >= 11 is 0. The Hall–Kier alpha value is -0.0400. The summed E-state index contributed by atoms with van der Waals surface area (Å²) in [4.78, 5) is 0. The first-order valence-corrected chi connectivity index (χ1v) is 4.96. The molecule has 0 radical (unpaired) electrons. The summed E-state index contributed by atoms with van der Waals surface area (Å²) in [7, 11) is 0. The van der Waals surface area contributed by atoms with Crippen molar-refractivity contribution in [3.63, 3.8) is 0 Å². The van der Waals surface area contributed by atoms with Crippen LogP contribution in [0.4, 0.5) is 0 Å². The van der Waals surface area contributed by atoms with E-state index in [0.29, 0.717) is 6.04 Å². The molecular weight excluding hydrogens is 134 g/mol. The average molecular weight is 155 g/mol. The minimum Gasteiger partial charge on any atom is -0.327 e. The van der Waals surface area contributed by atoms with Gasteiger partial charge in [0.25, 0.3) is 0 Å². The molecule has 11 heavy (non-hydrogen) atoms. The maximum Gasteiger partial charge on any atom is 0.00956 e. The van der Waals surface area contributed by atoms with Crippen LogP contribution in [0, 0.1) is 17.8 Å². The summed E-state index contributed by atoms with van der Waals surface area (Å²) < 4.78 is 0. The molecule has 1 aliphatic rings. The highest BCUT2D eigenvalue weighted by molar-refractivity contribution is 4.94.